The highest BCUT2D eigenvalue weighted by atomic mass is 16.4. The van der Waals surface area contributed by atoms with Crippen molar-refractivity contribution in [3.63, 3.8) is 0 Å². The Hall–Kier alpha value is -1.10. The van der Waals surface area contributed by atoms with E-state index >= 15 is 0 Å². The van der Waals surface area contributed by atoms with Crippen LogP contribution in [-0.4, -0.2) is 47.6 Å². The first-order valence-electron chi connectivity index (χ1n) is 5.71. The molecule has 0 aliphatic rings. The summed E-state index contributed by atoms with van der Waals surface area (Å²) >= 11 is 0. The molecule has 0 aliphatic carbocycles. The van der Waals surface area contributed by atoms with Gasteiger partial charge in [0.05, 0.1) is 13.0 Å². The van der Waals surface area contributed by atoms with Gasteiger partial charge in [-0.25, -0.2) is 0 Å². The summed E-state index contributed by atoms with van der Waals surface area (Å²) in [5, 5.41) is 11.6. The van der Waals surface area contributed by atoms with Crippen molar-refractivity contribution in [1.29, 1.82) is 0 Å². The third kappa shape index (κ3) is 6.40. The van der Waals surface area contributed by atoms with Crippen molar-refractivity contribution in [1.82, 2.24) is 10.2 Å². The number of nitrogens with zero attached hydrogens (tertiary/aromatic N) is 1. The van der Waals surface area contributed by atoms with Gasteiger partial charge in [0.2, 0.25) is 5.91 Å². The quantitative estimate of drug-likeness (QED) is 0.602. The van der Waals surface area contributed by atoms with Gasteiger partial charge >= 0.3 is 5.97 Å². The zero-order chi connectivity index (χ0) is 12.6. The Morgan fingerprint density at radius 3 is 2.44 bits per heavy atom. The summed E-state index contributed by atoms with van der Waals surface area (Å²) in [5.74, 6) is -0.912. The molecule has 0 saturated heterocycles. The molecule has 0 aliphatic heterocycles. The molecule has 0 radical (unpaired) electrons. The second-order valence-electron chi connectivity index (χ2n) is 4.00. The van der Waals surface area contributed by atoms with Gasteiger partial charge in [-0.05, 0) is 26.8 Å². The highest BCUT2D eigenvalue weighted by Crippen LogP contribution is 2.00. The molecular formula is C11H22N2O3. The second kappa shape index (κ2) is 8.10. The molecule has 0 spiro atoms. The number of carboxylic acid groups (broad SMARTS) is 1. The number of carboxylic acids is 1. The molecule has 2 N–H and O–H groups in total. The van der Waals surface area contributed by atoms with Gasteiger partial charge in [-0.3, -0.25) is 9.59 Å². The maximum atomic E-state index is 11.7. The van der Waals surface area contributed by atoms with Crippen molar-refractivity contribution in [2.24, 2.45) is 0 Å². The van der Waals surface area contributed by atoms with Gasteiger partial charge in [0.1, 0.15) is 0 Å². The Labute approximate surface area is 96.8 Å². The van der Waals surface area contributed by atoms with E-state index in [0.717, 1.165) is 13.0 Å². The van der Waals surface area contributed by atoms with E-state index in [1.54, 1.807) is 4.90 Å². The van der Waals surface area contributed by atoms with Crippen LogP contribution in [-0.2, 0) is 9.59 Å². The van der Waals surface area contributed by atoms with Gasteiger partial charge in [0.15, 0.2) is 0 Å². The summed E-state index contributed by atoms with van der Waals surface area (Å²) in [5.41, 5.74) is 0. The zero-order valence-corrected chi connectivity index (χ0v) is 10.3. The third-order valence-electron chi connectivity index (χ3n) is 2.21. The normalized spacial score (nSPS) is 10.5. The number of hydrogen-bond donors (Lipinski definition) is 2. The van der Waals surface area contributed by atoms with Crippen molar-refractivity contribution >= 4 is 11.9 Å². The topological polar surface area (TPSA) is 69.6 Å². The molecule has 0 fully saturated rings. The zero-order valence-electron chi connectivity index (χ0n) is 10.3. The number of hydrogen-bond acceptors (Lipinski definition) is 3. The molecule has 0 unspecified atom stereocenters. The average molecular weight is 230 g/mol. The van der Waals surface area contributed by atoms with Gasteiger partial charge in [-0.1, -0.05) is 6.92 Å². The minimum Gasteiger partial charge on any atom is -0.481 e. The lowest BCUT2D eigenvalue weighted by molar-refractivity contribution is -0.138. The van der Waals surface area contributed by atoms with Crippen LogP contribution in [0.2, 0.25) is 0 Å². The molecule has 94 valence electrons. The summed E-state index contributed by atoms with van der Waals surface area (Å²) in [6.45, 7) is 7.17. The molecule has 0 atom stereocenters. The fraction of sp³-hybridized carbons (Fsp3) is 0.818. The van der Waals surface area contributed by atoms with E-state index in [0.29, 0.717) is 0 Å². The van der Waals surface area contributed by atoms with Crippen molar-refractivity contribution in [2.45, 2.75) is 39.7 Å². The lowest BCUT2D eigenvalue weighted by atomic mass is 10.2. The number of aliphatic carboxylic acids is 1. The lowest BCUT2D eigenvalue weighted by Gasteiger charge is -2.26. The van der Waals surface area contributed by atoms with Crippen molar-refractivity contribution < 1.29 is 14.7 Å². The van der Waals surface area contributed by atoms with Crippen LogP contribution >= 0.6 is 0 Å². The van der Waals surface area contributed by atoms with E-state index < -0.39 is 5.97 Å². The van der Waals surface area contributed by atoms with Crippen LogP contribution in [0, 0.1) is 0 Å². The molecule has 0 rings (SSSR count). The highest BCUT2D eigenvalue weighted by molar-refractivity contribution is 5.79. The highest BCUT2D eigenvalue weighted by Gasteiger charge is 2.16. The molecule has 0 heterocycles. The first kappa shape index (κ1) is 14.9. The van der Waals surface area contributed by atoms with Crippen LogP contribution in [0.1, 0.15) is 33.6 Å². The molecule has 16 heavy (non-hydrogen) atoms. The molecule has 5 heteroatoms. The summed E-state index contributed by atoms with van der Waals surface area (Å²) < 4.78 is 0. The van der Waals surface area contributed by atoms with Gasteiger partial charge in [-0.15, -0.1) is 0 Å². The van der Waals surface area contributed by atoms with E-state index in [-0.39, 0.29) is 31.5 Å². The van der Waals surface area contributed by atoms with Crippen LogP contribution in [0.15, 0.2) is 0 Å². The van der Waals surface area contributed by atoms with Crippen LogP contribution in [0.25, 0.3) is 0 Å². The first-order chi connectivity index (χ1) is 7.49. The van der Waals surface area contributed by atoms with E-state index in [4.69, 9.17) is 5.11 Å². The van der Waals surface area contributed by atoms with Crippen LogP contribution in [0.4, 0.5) is 0 Å². The monoisotopic (exact) mass is 230 g/mol. The van der Waals surface area contributed by atoms with Gasteiger partial charge in [0.25, 0.3) is 0 Å². The SMILES string of the molecule is CCCNCC(=O)N(CCC(=O)O)C(C)C. The lowest BCUT2D eigenvalue weighted by Crippen LogP contribution is -2.43. The number of rotatable bonds is 8. The number of nitrogens with one attached hydrogen (secondary N) is 1. The molecule has 0 aromatic carbocycles. The van der Waals surface area contributed by atoms with Crippen molar-refractivity contribution in [3.8, 4) is 0 Å². The largest absolute Gasteiger partial charge is 0.481 e. The van der Waals surface area contributed by atoms with Crippen molar-refractivity contribution in [3.05, 3.63) is 0 Å². The fourth-order valence-electron chi connectivity index (χ4n) is 1.36. The van der Waals surface area contributed by atoms with Crippen molar-refractivity contribution in [2.75, 3.05) is 19.6 Å². The smallest absolute Gasteiger partial charge is 0.305 e. The van der Waals surface area contributed by atoms with E-state index in [1.807, 2.05) is 20.8 Å². The predicted octanol–water partition coefficient (Wildman–Crippen LogP) is 0.698. The minimum absolute atomic E-state index is 0.00228. The van der Waals surface area contributed by atoms with Crippen LogP contribution in [0.3, 0.4) is 0 Å². The molecule has 0 saturated carbocycles. The summed E-state index contributed by atoms with van der Waals surface area (Å²) in [7, 11) is 0. The Morgan fingerprint density at radius 1 is 1.38 bits per heavy atom. The Morgan fingerprint density at radius 2 is 2.00 bits per heavy atom. The maximum absolute atomic E-state index is 11.7. The summed E-state index contributed by atoms with van der Waals surface area (Å²) in [6, 6.07) is 0.0373. The first-order valence-corrected chi connectivity index (χ1v) is 5.71. The van der Waals surface area contributed by atoms with E-state index in [9.17, 15) is 9.59 Å². The second-order valence-corrected chi connectivity index (χ2v) is 4.00. The van der Waals surface area contributed by atoms with Crippen LogP contribution < -0.4 is 5.32 Å². The van der Waals surface area contributed by atoms with Gasteiger partial charge in [-0.2, -0.15) is 0 Å². The molecule has 0 bridgehead atoms. The molecule has 0 aromatic rings. The Kier molecular flexibility index (Phi) is 7.54. The van der Waals surface area contributed by atoms with Gasteiger partial charge in [0, 0.05) is 12.6 Å². The average Bonchev–Trinajstić information content (AvgIpc) is 2.17. The molecular weight excluding hydrogens is 208 g/mol. The third-order valence-corrected chi connectivity index (χ3v) is 2.21. The summed E-state index contributed by atoms with van der Waals surface area (Å²) in [4.78, 5) is 23.8. The molecule has 0 aromatic heterocycles. The Bertz CT molecular complexity index is 229. The summed E-state index contributed by atoms with van der Waals surface area (Å²) in [6.07, 6.45) is 0.974. The fourth-order valence-corrected chi connectivity index (χ4v) is 1.36. The van der Waals surface area contributed by atoms with E-state index in [2.05, 4.69) is 5.32 Å². The molecule has 1 amide bonds. The number of carbonyl (C=O) groups excluding carboxylic acids is 1. The van der Waals surface area contributed by atoms with Crippen LogP contribution in [0.5, 0.6) is 0 Å². The number of carbonyl (C=O) groups is 2. The minimum atomic E-state index is -0.875. The standard InChI is InChI=1S/C11H22N2O3/c1-4-6-12-8-10(14)13(9(2)3)7-5-11(15)16/h9,12H,4-8H2,1-3H3,(H,15,16). The van der Waals surface area contributed by atoms with Gasteiger partial charge < -0.3 is 15.3 Å². The maximum Gasteiger partial charge on any atom is 0.305 e. The Balaban J connectivity index is 4.08. The number of amides is 1. The van der Waals surface area contributed by atoms with E-state index in [1.165, 1.54) is 0 Å². The molecule has 5 nitrogen and oxygen atoms in total. The predicted molar refractivity (Wildman–Crippen MR) is 62.3 cm³/mol.